The summed E-state index contributed by atoms with van der Waals surface area (Å²) in [5, 5.41) is 0.809. The Hall–Kier alpha value is -1.80. The molecule has 1 amide bonds. The van der Waals surface area contributed by atoms with Gasteiger partial charge in [0.1, 0.15) is 5.75 Å². The number of nitrogens with one attached hydrogen (secondary N) is 1. The number of nitrogens with zero attached hydrogens (tertiary/aromatic N) is 1. The van der Waals surface area contributed by atoms with Gasteiger partial charge >= 0.3 is 0 Å². The third-order valence-electron chi connectivity index (χ3n) is 4.07. The Balaban J connectivity index is 1.73. The van der Waals surface area contributed by atoms with E-state index in [9.17, 15) is 13.2 Å². The standard InChI is InChI=1S/C17H16Cl2N2O4S/c1-20-26(23,24)13-3-4-15-11(8-13)6-7-21(15)17(22)10-25-16-5-2-12(18)9-14(16)19/h2-5,8-9,20H,6-7,10H2,1H3. The number of anilines is 1. The first kappa shape index (κ1) is 19.0. The molecule has 2 aromatic rings. The van der Waals surface area contributed by atoms with E-state index in [-0.39, 0.29) is 17.4 Å². The lowest BCUT2D eigenvalue weighted by Gasteiger charge is -2.18. The molecule has 1 aliphatic rings. The number of benzene rings is 2. The molecule has 1 heterocycles. The average Bonchev–Trinajstić information content (AvgIpc) is 3.04. The first-order valence-electron chi connectivity index (χ1n) is 7.76. The van der Waals surface area contributed by atoms with Crippen LogP contribution in [0.1, 0.15) is 5.56 Å². The maximum Gasteiger partial charge on any atom is 0.264 e. The number of carbonyl (C=O) groups excluding carboxylic acids is 1. The average molecular weight is 415 g/mol. The van der Waals surface area contributed by atoms with E-state index in [0.29, 0.717) is 34.4 Å². The zero-order valence-electron chi connectivity index (χ0n) is 13.8. The van der Waals surface area contributed by atoms with Gasteiger partial charge in [-0.05, 0) is 55.4 Å². The molecule has 9 heteroatoms. The maximum absolute atomic E-state index is 12.5. The summed E-state index contributed by atoms with van der Waals surface area (Å²) in [7, 11) is -2.16. The van der Waals surface area contributed by atoms with E-state index in [1.165, 1.54) is 19.2 Å². The van der Waals surface area contributed by atoms with Crippen LogP contribution >= 0.6 is 23.2 Å². The number of hydrogen-bond donors (Lipinski definition) is 1. The molecule has 0 fully saturated rings. The Kier molecular flexibility index (Phi) is 5.43. The van der Waals surface area contributed by atoms with Gasteiger partial charge in [0.05, 0.1) is 9.92 Å². The normalized spacial score (nSPS) is 13.6. The monoisotopic (exact) mass is 414 g/mol. The predicted octanol–water partition coefficient (Wildman–Crippen LogP) is 2.87. The molecule has 6 nitrogen and oxygen atoms in total. The van der Waals surface area contributed by atoms with Gasteiger partial charge < -0.3 is 9.64 Å². The molecule has 2 aromatic carbocycles. The first-order chi connectivity index (χ1) is 12.3. The largest absolute Gasteiger partial charge is 0.482 e. The minimum Gasteiger partial charge on any atom is -0.482 e. The van der Waals surface area contributed by atoms with Gasteiger partial charge in [0.15, 0.2) is 6.61 Å². The van der Waals surface area contributed by atoms with E-state index in [0.717, 1.165) is 5.56 Å². The summed E-state index contributed by atoms with van der Waals surface area (Å²) in [6.07, 6.45) is 0.579. The molecule has 3 rings (SSSR count). The fraction of sp³-hybridized carbons (Fsp3) is 0.235. The highest BCUT2D eigenvalue weighted by molar-refractivity contribution is 7.89. The molecular formula is C17H16Cl2N2O4S. The SMILES string of the molecule is CNS(=O)(=O)c1ccc2c(c1)CCN2C(=O)COc1ccc(Cl)cc1Cl. The van der Waals surface area contributed by atoms with E-state index in [2.05, 4.69) is 4.72 Å². The second-order valence-electron chi connectivity index (χ2n) is 5.66. The lowest BCUT2D eigenvalue weighted by atomic mass is 10.2. The van der Waals surface area contributed by atoms with Crippen LogP contribution in [0.3, 0.4) is 0 Å². The number of halogens is 2. The summed E-state index contributed by atoms with van der Waals surface area (Å²) in [6, 6.07) is 9.48. The number of ether oxygens (including phenoxy) is 1. The molecule has 1 aliphatic heterocycles. The van der Waals surface area contributed by atoms with E-state index < -0.39 is 10.0 Å². The Morgan fingerprint density at radius 2 is 2.00 bits per heavy atom. The third-order valence-corrected chi connectivity index (χ3v) is 6.01. The Morgan fingerprint density at radius 3 is 2.69 bits per heavy atom. The van der Waals surface area contributed by atoms with Gasteiger partial charge in [-0.25, -0.2) is 13.1 Å². The molecule has 0 aromatic heterocycles. The number of carbonyl (C=O) groups is 1. The molecule has 26 heavy (non-hydrogen) atoms. The van der Waals surface area contributed by atoms with Gasteiger partial charge in [-0.1, -0.05) is 23.2 Å². The Morgan fingerprint density at radius 1 is 1.23 bits per heavy atom. The zero-order chi connectivity index (χ0) is 18.9. The predicted molar refractivity (Wildman–Crippen MR) is 101 cm³/mol. The van der Waals surface area contributed by atoms with Gasteiger partial charge in [-0.15, -0.1) is 0 Å². The van der Waals surface area contributed by atoms with Crippen molar-refractivity contribution >= 4 is 44.8 Å². The lowest BCUT2D eigenvalue weighted by molar-refractivity contribution is -0.120. The van der Waals surface area contributed by atoms with Crippen molar-refractivity contribution in [2.75, 3.05) is 25.1 Å². The van der Waals surface area contributed by atoms with Gasteiger partial charge in [0.2, 0.25) is 10.0 Å². The molecule has 1 N–H and O–H groups in total. The van der Waals surface area contributed by atoms with Crippen LogP contribution in [0.2, 0.25) is 10.0 Å². The summed E-state index contributed by atoms with van der Waals surface area (Å²) in [5.41, 5.74) is 1.50. The van der Waals surface area contributed by atoms with Gasteiger partial charge in [0.25, 0.3) is 5.91 Å². The second-order valence-corrected chi connectivity index (χ2v) is 8.39. The first-order valence-corrected chi connectivity index (χ1v) is 10.0. The highest BCUT2D eigenvalue weighted by Crippen LogP contribution is 2.31. The third kappa shape index (κ3) is 3.81. The van der Waals surface area contributed by atoms with E-state index >= 15 is 0 Å². The van der Waals surface area contributed by atoms with E-state index in [1.807, 2.05) is 0 Å². The molecule has 0 bridgehead atoms. The molecule has 0 radical (unpaired) electrons. The number of fused-ring (bicyclic) bond motifs is 1. The highest BCUT2D eigenvalue weighted by Gasteiger charge is 2.26. The molecule has 0 saturated heterocycles. The highest BCUT2D eigenvalue weighted by atomic mass is 35.5. The zero-order valence-corrected chi connectivity index (χ0v) is 16.2. The van der Waals surface area contributed by atoms with E-state index in [1.54, 1.807) is 29.2 Å². The van der Waals surface area contributed by atoms with Crippen LogP contribution in [0.5, 0.6) is 5.75 Å². The molecule has 138 valence electrons. The Labute approximate surface area is 161 Å². The van der Waals surface area contributed by atoms with Crippen molar-refractivity contribution in [2.45, 2.75) is 11.3 Å². The molecule has 0 aliphatic carbocycles. The summed E-state index contributed by atoms with van der Waals surface area (Å²) in [6.45, 7) is 0.284. The smallest absolute Gasteiger partial charge is 0.264 e. The topological polar surface area (TPSA) is 75.7 Å². The van der Waals surface area contributed by atoms with Crippen LogP contribution in [0, 0.1) is 0 Å². The number of hydrogen-bond acceptors (Lipinski definition) is 4. The quantitative estimate of drug-likeness (QED) is 0.815. The fourth-order valence-electron chi connectivity index (χ4n) is 2.73. The van der Waals surface area contributed by atoms with Crippen LogP contribution in [0.25, 0.3) is 0 Å². The number of sulfonamides is 1. The molecule has 0 atom stereocenters. The number of rotatable bonds is 5. The van der Waals surface area contributed by atoms with Crippen molar-refractivity contribution in [1.82, 2.24) is 4.72 Å². The number of amides is 1. The fourth-order valence-corrected chi connectivity index (χ4v) is 3.98. The van der Waals surface area contributed by atoms with Crippen molar-refractivity contribution in [3.63, 3.8) is 0 Å². The maximum atomic E-state index is 12.5. The van der Waals surface area contributed by atoms with Gasteiger partial charge in [-0.3, -0.25) is 4.79 Å². The van der Waals surface area contributed by atoms with Crippen LogP contribution in [0.4, 0.5) is 5.69 Å². The van der Waals surface area contributed by atoms with Crippen molar-refractivity contribution in [3.8, 4) is 5.75 Å². The summed E-state index contributed by atoms with van der Waals surface area (Å²) in [4.78, 5) is 14.3. The van der Waals surface area contributed by atoms with Crippen molar-refractivity contribution < 1.29 is 17.9 Å². The molecule has 0 unspecified atom stereocenters. The molecular weight excluding hydrogens is 399 g/mol. The summed E-state index contributed by atoms with van der Waals surface area (Å²) in [5.74, 6) is 0.137. The second kappa shape index (κ2) is 7.44. The van der Waals surface area contributed by atoms with Crippen molar-refractivity contribution in [2.24, 2.45) is 0 Å². The van der Waals surface area contributed by atoms with E-state index in [4.69, 9.17) is 27.9 Å². The minimum absolute atomic E-state index is 0.178. The van der Waals surface area contributed by atoms with Crippen LogP contribution in [0.15, 0.2) is 41.3 Å². The van der Waals surface area contributed by atoms with Crippen molar-refractivity contribution in [1.29, 1.82) is 0 Å². The summed E-state index contributed by atoms with van der Waals surface area (Å²) >= 11 is 11.9. The molecule has 0 spiro atoms. The summed E-state index contributed by atoms with van der Waals surface area (Å²) < 4.78 is 31.6. The molecule has 0 saturated carbocycles. The van der Waals surface area contributed by atoms with Gasteiger partial charge in [0, 0.05) is 17.3 Å². The van der Waals surface area contributed by atoms with Crippen LogP contribution in [-0.4, -0.2) is 34.5 Å². The lowest BCUT2D eigenvalue weighted by Crippen LogP contribution is -2.33. The van der Waals surface area contributed by atoms with Gasteiger partial charge in [-0.2, -0.15) is 0 Å². The van der Waals surface area contributed by atoms with Crippen LogP contribution < -0.4 is 14.4 Å². The Bertz CT molecular complexity index is 963. The van der Waals surface area contributed by atoms with Crippen LogP contribution in [-0.2, 0) is 21.2 Å². The minimum atomic E-state index is -3.52. The van der Waals surface area contributed by atoms with Crippen molar-refractivity contribution in [3.05, 3.63) is 52.0 Å².